The van der Waals surface area contributed by atoms with Crippen LogP contribution in [0.1, 0.15) is 46.8 Å². The van der Waals surface area contributed by atoms with Crippen molar-refractivity contribution in [1.29, 1.82) is 0 Å². The summed E-state index contributed by atoms with van der Waals surface area (Å²) in [5.74, 6) is 0.0708. The highest BCUT2D eigenvalue weighted by Crippen LogP contribution is 2.30. The summed E-state index contributed by atoms with van der Waals surface area (Å²) in [6.07, 6.45) is 1.86. The van der Waals surface area contributed by atoms with Gasteiger partial charge in [-0.2, -0.15) is 0 Å². The number of likely N-dealkylation sites (tertiary alicyclic amines) is 1. The predicted octanol–water partition coefficient (Wildman–Crippen LogP) is 2.74. The summed E-state index contributed by atoms with van der Waals surface area (Å²) in [6, 6.07) is 1.90. The Morgan fingerprint density at radius 1 is 1.50 bits per heavy atom. The number of aliphatic hydroxyl groups is 1. The van der Waals surface area contributed by atoms with Crippen molar-refractivity contribution in [2.45, 2.75) is 52.2 Å². The van der Waals surface area contributed by atoms with Gasteiger partial charge in [-0.05, 0) is 46.6 Å². The van der Waals surface area contributed by atoms with E-state index in [2.05, 4.69) is 0 Å². The summed E-state index contributed by atoms with van der Waals surface area (Å²) in [6.45, 7) is 8.33. The third kappa shape index (κ3) is 2.45. The SMILES string of the molecule is Cc1cc(C(=O)N2CCCC2C(C)(C)O)c(C)s1. The largest absolute Gasteiger partial charge is 0.388 e. The molecule has 0 spiro atoms. The molecule has 1 unspecified atom stereocenters. The number of carbonyl (C=O) groups is 1. The molecule has 1 N–H and O–H groups in total. The zero-order chi connectivity index (χ0) is 13.5. The Morgan fingerprint density at radius 3 is 2.67 bits per heavy atom. The summed E-state index contributed by atoms with van der Waals surface area (Å²) < 4.78 is 0. The maximum absolute atomic E-state index is 12.6. The molecule has 1 aliphatic heterocycles. The normalized spacial score (nSPS) is 20.5. The number of thiophene rings is 1. The van der Waals surface area contributed by atoms with Crippen molar-refractivity contribution in [1.82, 2.24) is 4.90 Å². The molecular weight excluding hydrogens is 246 g/mol. The van der Waals surface area contributed by atoms with Crippen LogP contribution in [0.15, 0.2) is 6.07 Å². The third-order valence-electron chi connectivity index (χ3n) is 3.60. The molecule has 100 valence electrons. The summed E-state index contributed by atoms with van der Waals surface area (Å²) in [5.41, 5.74) is -0.0286. The zero-order valence-corrected chi connectivity index (χ0v) is 12.3. The summed E-state index contributed by atoms with van der Waals surface area (Å²) >= 11 is 1.66. The summed E-state index contributed by atoms with van der Waals surface area (Å²) in [7, 11) is 0. The molecule has 18 heavy (non-hydrogen) atoms. The topological polar surface area (TPSA) is 40.5 Å². The molecule has 1 aromatic rings. The number of hydrogen-bond donors (Lipinski definition) is 1. The van der Waals surface area contributed by atoms with Gasteiger partial charge in [-0.25, -0.2) is 0 Å². The molecule has 1 fully saturated rings. The molecule has 0 saturated carbocycles. The van der Waals surface area contributed by atoms with Crippen molar-refractivity contribution in [2.24, 2.45) is 0 Å². The average Bonchev–Trinajstić information content (AvgIpc) is 2.82. The Morgan fingerprint density at radius 2 is 2.17 bits per heavy atom. The minimum atomic E-state index is -0.828. The van der Waals surface area contributed by atoms with Crippen molar-refractivity contribution < 1.29 is 9.90 Å². The smallest absolute Gasteiger partial charge is 0.255 e. The summed E-state index contributed by atoms with van der Waals surface area (Å²) in [4.78, 5) is 16.6. The molecule has 0 aromatic carbocycles. The highest BCUT2D eigenvalue weighted by atomic mass is 32.1. The average molecular weight is 267 g/mol. The molecule has 3 nitrogen and oxygen atoms in total. The second kappa shape index (κ2) is 4.67. The van der Waals surface area contributed by atoms with Gasteiger partial charge in [0.1, 0.15) is 0 Å². The maximum Gasteiger partial charge on any atom is 0.255 e. The van der Waals surface area contributed by atoms with Crippen LogP contribution in [-0.2, 0) is 0 Å². The Kier molecular flexibility index (Phi) is 3.52. The standard InChI is InChI=1S/C14H21NO2S/c1-9-8-11(10(2)18-9)13(16)15-7-5-6-12(15)14(3,4)17/h8,12,17H,5-7H2,1-4H3. The first-order valence-electron chi connectivity index (χ1n) is 6.41. The molecule has 1 saturated heterocycles. The van der Waals surface area contributed by atoms with Gasteiger partial charge in [0.25, 0.3) is 5.91 Å². The Balaban J connectivity index is 2.26. The van der Waals surface area contributed by atoms with E-state index in [0.29, 0.717) is 0 Å². The number of aryl methyl sites for hydroxylation is 2. The van der Waals surface area contributed by atoms with Crippen molar-refractivity contribution in [3.63, 3.8) is 0 Å². The van der Waals surface area contributed by atoms with Crippen molar-refractivity contribution >= 4 is 17.2 Å². The lowest BCUT2D eigenvalue weighted by molar-refractivity contribution is 0.000328. The second-order valence-electron chi connectivity index (χ2n) is 5.64. The molecule has 1 amide bonds. The van der Waals surface area contributed by atoms with E-state index in [-0.39, 0.29) is 11.9 Å². The van der Waals surface area contributed by atoms with Gasteiger partial charge in [0, 0.05) is 16.3 Å². The monoisotopic (exact) mass is 267 g/mol. The van der Waals surface area contributed by atoms with Crippen molar-refractivity contribution in [3.8, 4) is 0 Å². The van der Waals surface area contributed by atoms with Crippen LogP contribution >= 0.6 is 11.3 Å². The highest BCUT2D eigenvalue weighted by molar-refractivity contribution is 7.12. The van der Waals surface area contributed by atoms with Crippen LogP contribution in [0.5, 0.6) is 0 Å². The van der Waals surface area contributed by atoms with Gasteiger partial charge in [0.15, 0.2) is 0 Å². The lowest BCUT2D eigenvalue weighted by Gasteiger charge is -2.33. The molecule has 2 rings (SSSR count). The van der Waals surface area contributed by atoms with E-state index in [1.54, 1.807) is 25.2 Å². The molecular formula is C14H21NO2S. The van der Waals surface area contributed by atoms with Gasteiger partial charge >= 0.3 is 0 Å². The minimum Gasteiger partial charge on any atom is -0.388 e. The predicted molar refractivity (Wildman–Crippen MR) is 74.1 cm³/mol. The molecule has 0 aliphatic carbocycles. The lowest BCUT2D eigenvalue weighted by atomic mass is 9.96. The van der Waals surface area contributed by atoms with Crippen LogP contribution in [0.3, 0.4) is 0 Å². The first kappa shape index (κ1) is 13.6. The summed E-state index contributed by atoms with van der Waals surface area (Å²) in [5, 5.41) is 10.2. The van der Waals surface area contributed by atoms with Crippen molar-refractivity contribution in [2.75, 3.05) is 6.54 Å². The van der Waals surface area contributed by atoms with Crippen LogP contribution in [0.25, 0.3) is 0 Å². The quantitative estimate of drug-likeness (QED) is 0.895. The van der Waals surface area contributed by atoms with Gasteiger partial charge < -0.3 is 10.0 Å². The number of nitrogens with zero attached hydrogens (tertiary/aromatic N) is 1. The van der Waals surface area contributed by atoms with Crippen molar-refractivity contribution in [3.05, 3.63) is 21.4 Å². The van der Waals surface area contributed by atoms with Crippen LogP contribution in [0.4, 0.5) is 0 Å². The number of carbonyl (C=O) groups excluding carboxylic acids is 1. The van der Waals surface area contributed by atoms with E-state index in [1.165, 1.54) is 0 Å². The maximum atomic E-state index is 12.6. The molecule has 2 heterocycles. The van der Waals surface area contributed by atoms with Gasteiger partial charge in [-0.3, -0.25) is 4.79 Å². The fourth-order valence-electron chi connectivity index (χ4n) is 2.74. The van der Waals surface area contributed by atoms with E-state index < -0.39 is 5.60 Å². The molecule has 1 atom stereocenters. The van der Waals surface area contributed by atoms with E-state index >= 15 is 0 Å². The lowest BCUT2D eigenvalue weighted by Crippen LogP contribution is -2.48. The number of hydrogen-bond acceptors (Lipinski definition) is 3. The van der Waals surface area contributed by atoms with Gasteiger partial charge in [0.05, 0.1) is 17.2 Å². The van der Waals surface area contributed by atoms with Gasteiger partial charge in [-0.15, -0.1) is 11.3 Å². The first-order valence-corrected chi connectivity index (χ1v) is 7.22. The Labute approximate surface area is 112 Å². The second-order valence-corrected chi connectivity index (χ2v) is 7.10. The fraction of sp³-hybridized carbons (Fsp3) is 0.643. The van der Waals surface area contributed by atoms with Crippen LogP contribution < -0.4 is 0 Å². The van der Waals surface area contributed by atoms with Crippen LogP contribution in [-0.4, -0.2) is 34.1 Å². The number of rotatable bonds is 2. The van der Waals surface area contributed by atoms with Gasteiger partial charge in [0.2, 0.25) is 0 Å². The zero-order valence-electron chi connectivity index (χ0n) is 11.5. The third-order valence-corrected chi connectivity index (χ3v) is 4.57. The van der Waals surface area contributed by atoms with E-state index in [4.69, 9.17) is 0 Å². The molecule has 4 heteroatoms. The number of amides is 1. The van der Waals surface area contributed by atoms with Crippen LogP contribution in [0, 0.1) is 13.8 Å². The molecule has 0 bridgehead atoms. The van der Waals surface area contributed by atoms with Gasteiger partial charge in [-0.1, -0.05) is 0 Å². The first-order chi connectivity index (χ1) is 8.30. The Hall–Kier alpha value is -0.870. The molecule has 0 radical (unpaired) electrons. The Bertz CT molecular complexity index is 459. The molecule has 1 aromatic heterocycles. The van der Waals surface area contributed by atoms with E-state index in [9.17, 15) is 9.90 Å². The van der Waals surface area contributed by atoms with Crippen LogP contribution in [0.2, 0.25) is 0 Å². The molecule has 1 aliphatic rings. The van der Waals surface area contributed by atoms with E-state index in [0.717, 1.165) is 34.7 Å². The van der Waals surface area contributed by atoms with E-state index in [1.807, 2.05) is 24.8 Å². The minimum absolute atomic E-state index is 0.0652. The fourth-order valence-corrected chi connectivity index (χ4v) is 3.66. The highest BCUT2D eigenvalue weighted by Gasteiger charge is 2.39.